The number of hydrogen-bond acceptors (Lipinski definition) is 3. The minimum absolute atomic E-state index is 0.150. The monoisotopic (exact) mass is 481 g/mol. The molecule has 162 valence electrons. The molecule has 0 aliphatic carbocycles. The molecule has 3 nitrogen and oxygen atoms in total. The van der Waals surface area contributed by atoms with Gasteiger partial charge in [0.05, 0.1) is 6.54 Å². The average molecular weight is 482 g/mol. The quantitative estimate of drug-likeness (QED) is 0.230. The van der Waals surface area contributed by atoms with E-state index in [4.69, 9.17) is 23.2 Å². The fraction of sp³-hybridized carbons (Fsp3) is 0.0769. The van der Waals surface area contributed by atoms with Gasteiger partial charge in [-0.2, -0.15) is 5.06 Å². The molecule has 0 amide bonds. The fourth-order valence-electron chi connectivity index (χ4n) is 3.86. The second-order valence-corrected chi connectivity index (χ2v) is 11.1. The van der Waals surface area contributed by atoms with Crippen molar-refractivity contribution in [2.45, 2.75) is 12.3 Å². The molecule has 1 N–H and O–H groups in total. The average Bonchev–Trinajstić information content (AvgIpc) is 2.83. The van der Waals surface area contributed by atoms with Gasteiger partial charge in [-0.15, -0.1) is 0 Å². The highest BCUT2D eigenvalue weighted by atomic mass is 35.5. The second kappa shape index (κ2) is 10.0. The van der Waals surface area contributed by atoms with Crippen LogP contribution in [0, 0.1) is 0 Å². The summed E-state index contributed by atoms with van der Waals surface area (Å²) in [5.74, 6) is -0.992. The van der Waals surface area contributed by atoms with Crippen LogP contribution < -0.4 is 10.6 Å². The van der Waals surface area contributed by atoms with Crippen LogP contribution in [-0.4, -0.2) is 10.3 Å². The molecule has 0 spiro atoms. The molecule has 4 aromatic rings. The third-order valence-corrected chi connectivity index (χ3v) is 9.35. The highest BCUT2D eigenvalue weighted by Gasteiger charge is 2.43. The van der Waals surface area contributed by atoms with E-state index in [1.54, 1.807) is 18.2 Å². The van der Waals surface area contributed by atoms with E-state index in [0.717, 1.165) is 10.6 Å². The summed E-state index contributed by atoms with van der Waals surface area (Å²) in [5, 5.41) is 14.5. The van der Waals surface area contributed by atoms with Gasteiger partial charge in [-0.3, -0.25) is 0 Å². The predicted molar refractivity (Wildman–Crippen MR) is 133 cm³/mol. The van der Waals surface area contributed by atoms with Crippen LogP contribution in [0.3, 0.4) is 0 Å². The first-order chi connectivity index (χ1) is 15.5. The van der Waals surface area contributed by atoms with E-state index in [2.05, 4.69) is 0 Å². The molecule has 1 unspecified atom stereocenters. The van der Waals surface area contributed by atoms with Crippen molar-refractivity contribution < 1.29 is 9.77 Å². The number of hydroxylamine groups is 2. The molecule has 0 aromatic heterocycles. The summed E-state index contributed by atoms with van der Waals surface area (Å²) >= 11 is 13.2. The van der Waals surface area contributed by atoms with Gasteiger partial charge in [0.15, 0.2) is 7.14 Å². The van der Waals surface area contributed by atoms with Crippen molar-refractivity contribution in [2.24, 2.45) is 0 Å². The zero-order valence-electron chi connectivity index (χ0n) is 17.2. The zero-order valence-corrected chi connectivity index (χ0v) is 19.6. The molecule has 0 fully saturated rings. The van der Waals surface area contributed by atoms with Gasteiger partial charge in [-0.05, 0) is 17.7 Å². The topological polar surface area (TPSA) is 40.5 Å². The molecule has 0 saturated carbocycles. The fourth-order valence-corrected chi connectivity index (χ4v) is 7.81. The normalized spacial score (nSPS) is 12.6. The van der Waals surface area contributed by atoms with E-state index in [1.807, 2.05) is 91.0 Å². The Morgan fingerprint density at radius 1 is 0.688 bits per heavy atom. The van der Waals surface area contributed by atoms with Crippen molar-refractivity contribution in [3.8, 4) is 0 Å². The first kappa shape index (κ1) is 22.8. The van der Waals surface area contributed by atoms with Gasteiger partial charge >= 0.3 is 0 Å². The Balaban J connectivity index is 1.97. The molecular formula is C26H22Cl2NO2P. The van der Waals surface area contributed by atoms with Gasteiger partial charge in [-0.25, -0.2) is 0 Å². The number of nitrogens with zero attached hydrogens (tertiary/aromatic N) is 1. The van der Waals surface area contributed by atoms with Crippen molar-refractivity contribution in [1.82, 2.24) is 5.06 Å². The molecule has 1 atom stereocenters. The summed E-state index contributed by atoms with van der Waals surface area (Å²) in [6, 6.07) is 33.1. The third-order valence-electron chi connectivity index (χ3n) is 5.35. The molecule has 6 heteroatoms. The standard InChI is InChI=1S/C26H22Cl2NO2P/c27-23-17-10-18-24(28)25(23)26(29(30)19-20-11-4-1-5-12-20)32(31,21-13-6-2-7-14-21)22-15-8-3-9-16-22/h1-18,26,30H,19H2. The summed E-state index contributed by atoms with van der Waals surface area (Å²) in [6.45, 7) is 0.150. The van der Waals surface area contributed by atoms with Crippen molar-refractivity contribution in [3.05, 3.63) is 130 Å². The summed E-state index contributed by atoms with van der Waals surface area (Å²) in [4.78, 5) is 0. The van der Waals surface area contributed by atoms with Crippen LogP contribution in [0.5, 0.6) is 0 Å². The first-order valence-corrected chi connectivity index (χ1v) is 12.7. The van der Waals surface area contributed by atoms with E-state index < -0.39 is 12.9 Å². The summed E-state index contributed by atoms with van der Waals surface area (Å²) in [5.41, 5.74) is 1.31. The molecule has 0 saturated heterocycles. The van der Waals surface area contributed by atoms with Crippen molar-refractivity contribution >= 4 is 41.0 Å². The molecule has 4 rings (SSSR count). The second-order valence-electron chi connectivity index (χ2n) is 7.42. The number of benzene rings is 4. The molecule has 0 aliphatic rings. The maximum absolute atomic E-state index is 15.1. The van der Waals surface area contributed by atoms with E-state index in [9.17, 15) is 5.21 Å². The highest BCUT2D eigenvalue weighted by Crippen LogP contribution is 2.60. The Hall–Kier alpha value is -2.39. The Morgan fingerprint density at radius 2 is 1.12 bits per heavy atom. The van der Waals surface area contributed by atoms with Crippen LogP contribution in [-0.2, 0) is 11.1 Å². The first-order valence-electron chi connectivity index (χ1n) is 10.2. The minimum atomic E-state index is -3.50. The Morgan fingerprint density at radius 3 is 1.59 bits per heavy atom. The lowest BCUT2D eigenvalue weighted by molar-refractivity contribution is -0.114. The minimum Gasteiger partial charge on any atom is -0.313 e. The van der Waals surface area contributed by atoms with Crippen LogP contribution >= 0.6 is 30.3 Å². The number of rotatable bonds is 7. The summed E-state index contributed by atoms with van der Waals surface area (Å²) < 4.78 is 15.1. The van der Waals surface area contributed by atoms with Gasteiger partial charge < -0.3 is 9.77 Å². The lowest BCUT2D eigenvalue weighted by Gasteiger charge is -2.35. The van der Waals surface area contributed by atoms with Crippen LogP contribution in [0.4, 0.5) is 0 Å². The molecule has 0 radical (unpaired) electrons. The molecule has 0 bridgehead atoms. The SMILES string of the molecule is O=P(c1ccccc1)(c1ccccc1)C(c1c(Cl)cccc1Cl)N(O)Cc1ccccc1. The van der Waals surface area contributed by atoms with Gasteiger partial charge in [-0.1, -0.05) is 120 Å². The maximum Gasteiger partial charge on any atom is 0.166 e. The maximum atomic E-state index is 15.1. The molecule has 0 aliphatic heterocycles. The van der Waals surface area contributed by atoms with E-state index in [-0.39, 0.29) is 6.54 Å². The van der Waals surface area contributed by atoms with Crippen molar-refractivity contribution in [2.75, 3.05) is 0 Å². The van der Waals surface area contributed by atoms with Crippen LogP contribution in [0.1, 0.15) is 16.9 Å². The van der Waals surface area contributed by atoms with E-state index in [1.165, 1.54) is 0 Å². The molecule has 32 heavy (non-hydrogen) atoms. The number of halogens is 2. The Bertz CT molecular complexity index is 1160. The summed E-state index contributed by atoms with van der Waals surface area (Å²) in [7, 11) is -3.50. The molecule has 4 aromatic carbocycles. The third kappa shape index (κ3) is 4.54. The summed E-state index contributed by atoms with van der Waals surface area (Å²) in [6.07, 6.45) is 0. The van der Waals surface area contributed by atoms with Gasteiger partial charge in [0.25, 0.3) is 0 Å². The predicted octanol–water partition coefficient (Wildman–Crippen LogP) is 6.90. The van der Waals surface area contributed by atoms with Gasteiger partial charge in [0.1, 0.15) is 5.78 Å². The molecule has 0 heterocycles. The van der Waals surface area contributed by atoms with Gasteiger partial charge in [0.2, 0.25) is 0 Å². The highest BCUT2D eigenvalue weighted by molar-refractivity contribution is 7.79. The van der Waals surface area contributed by atoms with Gasteiger partial charge in [0, 0.05) is 26.2 Å². The van der Waals surface area contributed by atoms with Crippen LogP contribution in [0.25, 0.3) is 0 Å². The Kier molecular flexibility index (Phi) is 7.15. The Labute approximate surface area is 198 Å². The van der Waals surface area contributed by atoms with Crippen LogP contribution in [0.15, 0.2) is 109 Å². The van der Waals surface area contributed by atoms with Crippen LogP contribution in [0.2, 0.25) is 10.0 Å². The lowest BCUT2D eigenvalue weighted by Crippen LogP contribution is -2.32. The lowest BCUT2D eigenvalue weighted by atomic mass is 10.2. The largest absolute Gasteiger partial charge is 0.313 e. The van der Waals surface area contributed by atoms with E-state index >= 15 is 4.57 Å². The smallest absolute Gasteiger partial charge is 0.166 e. The van der Waals surface area contributed by atoms with Crippen molar-refractivity contribution in [3.63, 3.8) is 0 Å². The molecular weight excluding hydrogens is 460 g/mol. The number of hydrogen-bond donors (Lipinski definition) is 1. The van der Waals surface area contributed by atoms with Crippen molar-refractivity contribution in [1.29, 1.82) is 0 Å². The zero-order chi connectivity index (χ0) is 22.6. The van der Waals surface area contributed by atoms with E-state index in [0.29, 0.717) is 26.2 Å².